The second kappa shape index (κ2) is 7.50. The van der Waals surface area contributed by atoms with Gasteiger partial charge in [0.15, 0.2) is 0 Å². The predicted octanol–water partition coefficient (Wildman–Crippen LogP) is -4.21. The maximum absolute atomic E-state index is 8.96. The zero-order valence-electron chi connectivity index (χ0n) is 7.45. The Kier molecular flexibility index (Phi) is 8.91. The van der Waals surface area contributed by atoms with Crippen LogP contribution in [0, 0.1) is 0 Å². The maximum atomic E-state index is 8.96. The topological polar surface area (TPSA) is 20.2 Å². The quantitative estimate of drug-likeness (QED) is 0.510. The van der Waals surface area contributed by atoms with Gasteiger partial charge in [0.2, 0.25) is 0 Å². The van der Waals surface area contributed by atoms with Crippen LogP contribution >= 0.6 is 0 Å². The third-order valence-corrected chi connectivity index (χ3v) is 2.10. The average Bonchev–Trinajstić information content (AvgIpc) is 2.47. The Bertz CT molecular complexity index is 302. The number of hydrogen-bond acceptors (Lipinski definition) is 1. The van der Waals surface area contributed by atoms with Gasteiger partial charge in [-0.05, 0) is 11.1 Å². The summed E-state index contributed by atoms with van der Waals surface area (Å²) in [5.41, 5.74) is 2.49. The van der Waals surface area contributed by atoms with Crippen LogP contribution in [0.4, 0.5) is 0 Å². The summed E-state index contributed by atoms with van der Waals surface area (Å²) in [5.74, 6) is 0.228. The SMILES string of the molecule is OCC1C=Cc2ccccc21.[Cl-].[Cl-].[Ti+2]. The van der Waals surface area contributed by atoms with E-state index in [0.29, 0.717) is 0 Å². The van der Waals surface area contributed by atoms with Gasteiger partial charge in [0.05, 0.1) is 6.61 Å². The summed E-state index contributed by atoms with van der Waals surface area (Å²) in [5, 5.41) is 8.96. The Labute approximate surface area is 111 Å². The Morgan fingerprint density at radius 3 is 2.43 bits per heavy atom. The second-order valence-electron chi connectivity index (χ2n) is 2.78. The standard InChI is InChI=1S/C10H10O.2ClH.Ti/c11-7-9-6-5-8-3-1-2-4-10(8)9;;;/h1-6,9,11H,7H2;2*1H;/q;;;+2/p-2. The van der Waals surface area contributed by atoms with E-state index in [1.807, 2.05) is 18.2 Å². The van der Waals surface area contributed by atoms with Gasteiger partial charge in [-0.3, -0.25) is 0 Å². The molecule has 1 aromatic rings. The summed E-state index contributed by atoms with van der Waals surface area (Å²) in [6, 6.07) is 8.16. The van der Waals surface area contributed by atoms with Crippen LogP contribution in [-0.2, 0) is 21.7 Å². The van der Waals surface area contributed by atoms with Crippen LogP contribution in [0.25, 0.3) is 6.08 Å². The molecule has 1 unspecified atom stereocenters. The monoisotopic (exact) mass is 264 g/mol. The first-order valence-electron chi connectivity index (χ1n) is 3.80. The molecule has 0 spiro atoms. The van der Waals surface area contributed by atoms with Crippen LogP contribution < -0.4 is 24.8 Å². The first-order chi connectivity index (χ1) is 5.42. The average molecular weight is 265 g/mol. The third-order valence-electron chi connectivity index (χ3n) is 2.10. The van der Waals surface area contributed by atoms with Crippen molar-refractivity contribution in [2.45, 2.75) is 5.92 Å². The molecule has 1 N–H and O–H groups in total. The van der Waals surface area contributed by atoms with E-state index in [4.69, 9.17) is 5.11 Å². The molecule has 14 heavy (non-hydrogen) atoms. The zero-order valence-corrected chi connectivity index (χ0v) is 10.5. The Morgan fingerprint density at radius 1 is 1.14 bits per heavy atom. The molecule has 74 valence electrons. The van der Waals surface area contributed by atoms with E-state index >= 15 is 0 Å². The summed E-state index contributed by atoms with van der Waals surface area (Å²) in [6.07, 6.45) is 4.11. The van der Waals surface area contributed by atoms with Crippen molar-refractivity contribution in [3.8, 4) is 0 Å². The van der Waals surface area contributed by atoms with E-state index in [1.54, 1.807) is 0 Å². The van der Waals surface area contributed by atoms with Gasteiger partial charge in [0.1, 0.15) is 0 Å². The van der Waals surface area contributed by atoms with Gasteiger partial charge in [-0.2, -0.15) is 0 Å². The number of halogens is 2. The number of aliphatic hydroxyl groups excluding tert-OH is 1. The number of benzene rings is 1. The fourth-order valence-electron chi connectivity index (χ4n) is 1.48. The molecular formula is C10H10Cl2OTi. The van der Waals surface area contributed by atoms with Crippen LogP contribution in [0.5, 0.6) is 0 Å². The van der Waals surface area contributed by atoms with E-state index < -0.39 is 0 Å². The van der Waals surface area contributed by atoms with Crippen molar-refractivity contribution in [2.75, 3.05) is 6.61 Å². The molecule has 0 radical (unpaired) electrons. The van der Waals surface area contributed by atoms with Crippen molar-refractivity contribution in [2.24, 2.45) is 0 Å². The molecular weight excluding hydrogens is 255 g/mol. The van der Waals surface area contributed by atoms with Gasteiger partial charge in [-0.1, -0.05) is 36.4 Å². The van der Waals surface area contributed by atoms with Crippen molar-refractivity contribution >= 4 is 6.08 Å². The van der Waals surface area contributed by atoms with E-state index in [0.717, 1.165) is 0 Å². The molecule has 0 bridgehead atoms. The van der Waals surface area contributed by atoms with Gasteiger partial charge in [-0.25, -0.2) is 0 Å². The number of fused-ring (bicyclic) bond motifs is 1. The Morgan fingerprint density at radius 2 is 1.79 bits per heavy atom. The minimum atomic E-state index is 0. The van der Waals surface area contributed by atoms with Crippen LogP contribution in [0.2, 0.25) is 0 Å². The van der Waals surface area contributed by atoms with Gasteiger partial charge in [0, 0.05) is 5.92 Å². The smallest absolute Gasteiger partial charge is 1.00 e. The molecule has 2 rings (SSSR count). The Balaban J connectivity index is 0. The minimum absolute atomic E-state index is 0. The third kappa shape index (κ3) is 3.11. The summed E-state index contributed by atoms with van der Waals surface area (Å²) >= 11 is 0. The van der Waals surface area contributed by atoms with E-state index in [2.05, 4.69) is 18.2 Å². The van der Waals surface area contributed by atoms with Crippen molar-refractivity contribution in [1.29, 1.82) is 0 Å². The van der Waals surface area contributed by atoms with E-state index in [1.165, 1.54) is 11.1 Å². The molecule has 0 fully saturated rings. The van der Waals surface area contributed by atoms with Crippen LogP contribution in [-0.4, -0.2) is 11.7 Å². The van der Waals surface area contributed by atoms with E-state index in [-0.39, 0.29) is 59.1 Å². The predicted molar refractivity (Wildman–Crippen MR) is 45.3 cm³/mol. The summed E-state index contributed by atoms with van der Waals surface area (Å²) in [4.78, 5) is 0. The number of aliphatic hydroxyl groups is 1. The van der Waals surface area contributed by atoms with Crippen LogP contribution in [0.3, 0.4) is 0 Å². The molecule has 1 aliphatic carbocycles. The molecule has 1 nitrogen and oxygen atoms in total. The van der Waals surface area contributed by atoms with E-state index in [9.17, 15) is 0 Å². The zero-order chi connectivity index (χ0) is 7.68. The number of hydrogen-bond donors (Lipinski definition) is 1. The fraction of sp³-hybridized carbons (Fsp3) is 0.200. The molecule has 0 saturated heterocycles. The summed E-state index contributed by atoms with van der Waals surface area (Å²) in [7, 11) is 0. The van der Waals surface area contributed by atoms with Crippen molar-refractivity contribution < 1.29 is 51.6 Å². The first kappa shape index (κ1) is 16.6. The van der Waals surface area contributed by atoms with Gasteiger partial charge < -0.3 is 29.9 Å². The van der Waals surface area contributed by atoms with Crippen LogP contribution in [0.15, 0.2) is 30.3 Å². The number of rotatable bonds is 1. The largest absolute Gasteiger partial charge is 2.00 e. The molecule has 0 heterocycles. The first-order valence-corrected chi connectivity index (χ1v) is 3.80. The molecule has 0 amide bonds. The normalized spacial score (nSPS) is 15.9. The van der Waals surface area contributed by atoms with Gasteiger partial charge >= 0.3 is 21.7 Å². The summed E-state index contributed by atoms with van der Waals surface area (Å²) in [6.45, 7) is 0.216. The maximum Gasteiger partial charge on any atom is 2.00 e. The molecule has 0 aliphatic heterocycles. The minimum Gasteiger partial charge on any atom is -1.00 e. The van der Waals surface area contributed by atoms with Gasteiger partial charge in [-0.15, -0.1) is 0 Å². The van der Waals surface area contributed by atoms with Gasteiger partial charge in [0.25, 0.3) is 0 Å². The van der Waals surface area contributed by atoms with Crippen LogP contribution in [0.1, 0.15) is 17.0 Å². The van der Waals surface area contributed by atoms with Crippen molar-refractivity contribution in [3.05, 3.63) is 41.5 Å². The molecule has 0 saturated carbocycles. The van der Waals surface area contributed by atoms with Crippen molar-refractivity contribution in [1.82, 2.24) is 0 Å². The molecule has 4 heteroatoms. The summed E-state index contributed by atoms with van der Waals surface area (Å²) < 4.78 is 0. The second-order valence-corrected chi connectivity index (χ2v) is 2.78. The fourth-order valence-corrected chi connectivity index (χ4v) is 1.48. The molecule has 1 aliphatic rings. The molecule has 1 aromatic carbocycles. The molecule has 1 atom stereocenters. The Hall–Kier alpha value is 0.214. The van der Waals surface area contributed by atoms with Crippen molar-refractivity contribution in [3.63, 3.8) is 0 Å². The molecule has 0 aromatic heterocycles.